The summed E-state index contributed by atoms with van der Waals surface area (Å²) in [6.45, 7) is 7.73. The lowest BCUT2D eigenvalue weighted by molar-refractivity contribution is 0.310. The first-order chi connectivity index (χ1) is 8.25. The lowest BCUT2D eigenvalue weighted by atomic mass is 10.3. The molecule has 1 atom stereocenters. The Balaban J connectivity index is 1.82. The summed E-state index contributed by atoms with van der Waals surface area (Å²) >= 11 is 0. The highest BCUT2D eigenvalue weighted by atomic mass is 16.6. The molecule has 1 saturated heterocycles. The van der Waals surface area contributed by atoms with Crippen LogP contribution in [0.4, 0.5) is 5.69 Å². The van der Waals surface area contributed by atoms with Gasteiger partial charge >= 0.3 is 0 Å². The van der Waals surface area contributed by atoms with E-state index in [0.29, 0.717) is 6.10 Å². The fourth-order valence-electron chi connectivity index (χ4n) is 2.00. The fraction of sp³-hybridized carbons (Fsp3) is 0.308. The summed E-state index contributed by atoms with van der Waals surface area (Å²) in [5, 5.41) is 6.42. The summed E-state index contributed by atoms with van der Waals surface area (Å²) in [6.07, 6.45) is 0.319. The van der Waals surface area contributed by atoms with Crippen molar-refractivity contribution in [1.82, 2.24) is 5.01 Å². The molecule has 1 aromatic rings. The highest BCUT2D eigenvalue weighted by molar-refractivity contribution is 6.00. The van der Waals surface area contributed by atoms with Crippen molar-refractivity contribution in [3.63, 3.8) is 0 Å². The minimum atomic E-state index is 0.319. The summed E-state index contributed by atoms with van der Waals surface area (Å²) in [6, 6.07) is 10.2. The monoisotopic (exact) mass is 229 g/mol. The molecular weight excluding hydrogens is 214 g/mol. The Morgan fingerprint density at radius 1 is 1.41 bits per heavy atom. The first-order valence-corrected chi connectivity index (χ1v) is 5.74. The van der Waals surface area contributed by atoms with Gasteiger partial charge in [-0.15, -0.1) is 0 Å². The maximum atomic E-state index is 5.22. The third kappa shape index (κ3) is 1.91. The average Bonchev–Trinajstić information content (AvgIpc) is 3.09. The van der Waals surface area contributed by atoms with Gasteiger partial charge in [0.2, 0.25) is 0 Å². The van der Waals surface area contributed by atoms with Gasteiger partial charge in [0.1, 0.15) is 17.8 Å². The fourth-order valence-corrected chi connectivity index (χ4v) is 2.00. The molecule has 0 aromatic heterocycles. The molecule has 1 fully saturated rings. The Morgan fingerprint density at radius 2 is 2.12 bits per heavy atom. The lowest BCUT2D eigenvalue weighted by Crippen LogP contribution is -2.28. The van der Waals surface area contributed by atoms with Crippen LogP contribution >= 0.6 is 0 Å². The predicted molar refractivity (Wildman–Crippen MR) is 67.6 cm³/mol. The van der Waals surface area contributed by atoms with E-state index >= 15 is 0 Å². The lowest BCUT2D eigenvalue weighted by Gasteiger charge is -2.22. The van der Waals surface area contributed by atoms with Crippen molar-refractivity contribution in [1.29, 1.82) is 0 Å². The zero-order valence-corrected chi connectivity index (χ0v) is 9.84. The van der Waals surface area contributed by atoms with E-state index in [-0.39, 0.29) is 0 Å². The number of hydrazone groups is 1. The van der Waals surface area contributed by atoms with E-state index < -0.39 is 0 Å². The molecule has 0 N–H and O–H groups in total. The van der Waals surface area contributed by atoms with Crippen molar-refractivity contribution in [2.45, 2.75) is 13.0 Å². The van der Waals surface area contributed by atoms with E-state index in [1.54, 1.807) is 0 Å². The molecule has 2 aliphatic rings. The topological polar surface area (TPSA) is 31.4 Å². The molecule has 2 heterocycles. The smallest absolute Gasteiger partial charge is 0.132 e. The van der Waals surface area contributed by atoms with Gasteiger partial charge in [-0.1, -0.05) is 24.8 Å². The second-order valence-electron chi connectivity index (χ2n) is 4.27. The Labute approximate surface area is 101 Å². The summed E-state index contributed by atoms with van der Waals surface area (Å²) in [7, 11) is 0. The Bertz CT molecular complexity index is 465. The molecule has 0 spiro atoms. The van der Waals surface area contributed by atoms with Crippen molar-refractivity contribution in [3.8, 4) is 0 Å². The zero-order chi connectivity index (χ0) is 11.8. The normalized spacial score (nSPS) is 23.0. The molecular formula is C13H15N3O. The average molecular weight is 229 g/mol. The van der Waals surface area contributed by atoms with Crippen molar-refractivity contribution < 1.29 is 4.74 Å². The first-order valence-electron chi connectivity index (χ1n) is 5.74. The van der Waals surface area contributed by atoms with Gasteiger partial charge < -0.3 is 4.74 Å². The molecule has 17 heavy (non-hydrogen) atoms. The molecule has 88 valence electrons. The van der Waals surface area contributed by atoms with Crippen LogP contribution in [0, 0.1) is 0 Å². The van der Waals surface area contributed by atoms with Gasteiger partial charge in [0.15, 0.2) is 0 Å². The SMILES string of the molecule is C=C1N(CC2CO2)N=C(C)N1c1ccccc1. The molecule has 0 bridgehead atoms. The number of rotatable bonds is 3. The molecule has 0 aliphatic carbocycles. The summed E-state index contributed by atoms with van der Waals surface area (Å²) in [4.78, 5) is 2.06. The van der Waals surface area contributed by atoms with Gasteiger partial charge in [0, 0.05) is 5.69 Å². The minimum Gasteiger partial charge on any atom is -0.371 e. The molecule has 4 nitrogen and oxygen atoms in total. The van der Waals surface area contributed by atoms with Crippen LogP contribution in [0.2, 0.25) is 0 Å². The van der Waals surface area contributed by atoms with Crippen molar-refractivity contribution in [2.75, 3.05) is 18.1 Å². The third-order valence-corrected chi connectivity index (χ3v) is 2.94. The highest BCUT2D eigenvalue weighted by Crippen LogP contribution is 2.27. The standard InChI is InChI=1S/C13H15N3O/c1-10-14-15(8-13-9-17-13)11(2)16(10)12-6-4-3-5-7-12/h3-7,13H,2,8-9H2,1H3. The minimum absolute atomic E-state index is 0.319. The van der Waals surface area contributed by atoms with Gasteiger partial charge in [0.25, 0.3) is 0 Å². The Morgan fingerprint density at radius 3 is 2.76 bits per heavy atom. The van der Waals surface area contributed by atoms with Crippen LogP contribution < -0.4 is 4.90 Å². The van der Waals surface area contributed by atoms with Gasteiger partial charge in [0.05, 0.1) is 13.2 Å². The van der Waals surface area contributed by atoms with Gasteiger partial charge in [-0.25, -0.2) is 5.01 Å². The number of benzene rings is 1. The van der Waals surface area contributed by atoms with Crippen LogP contribution in [0.25, 0.3) is 0 Å². The number of amidine groups is 1. The van der Waals surface area contributed by atoms with Crippen LogP contribution in [-0.4, -0.2) is 30.1 Å². The van der Waals surface area contributed by atoms with E-state index in [9.17, 15) is 0 Å². The number of ether oxygens (including phenoxy) is 1. The zero-order valence-electron chi connectivity index (χ0n) is 9.84. The van der Waals surface area contributed by atoms with E-state index in [4.69, 9.17) is 4.74 Å². The summed E-state index contributed by atoms with van der Waals surface area (Å²) in [5.41, 5.74) is 1.10. The molecule has 0 saturated carbocycles. The molecule has 1 aromatic carbocycles. The maximum Gasteiger partial charge on any atom is 0.132 e. The van der Waals surface area contributed by atoms with E-state index in [2.05, 4.69) is 28.7 Å². The molecule has 0 amide bonds. The van der Waals surface area contributed by atoms with Crippen molar-refractivity contribution >= 4 is 11.5 Å². The Hall–Kier alpha value is -1.81. The Kier molecular flexibility index (Phi) is 2.37. The number of anilines is 1. The van der Waals surface area contributed by atoms with Crippen LogP contribution in [0.15, 0.2) is 47.8 Å². The second kappa shape index (κ2) is 3.89. The van der Waals surface area contributed by atoms with Crippen LogP contribution in [0.1, 0.15) is 6.92 Å². The molecule has 4 heteroatoms. The van der Waals surface area contributed by atoms with E-state index in [1.165, 1.54) is 0 Å². The molecule has 2 aliphatic heterocycles. The number of hydrogen-bond acceptors (Lipinski definition) is 4. The largest absolute Gasteiger partial charge is 0.371 e. The van der Waals surface area contributed by atoms with Crippen molar-refractivity contribution in [2.24, 2.45) is 5.10 Å². The number of nitrogens with zero attached hydrogens (tertiary/aromatic N) is 3. The summed E-state index contributed by atoms with van der Waals surface area (Å²) < 4.78 is 5.22. The third-order valence-electron chi connectivity index (χ3n) is 2.94. The second-order valence-corrected chi connectivity index (χ2v) is 4.27. The molecule has 3 rings (SSSR count). The van der Waals surface area contributed by atoms with E-state index in [1.807, 2.05) is 30.1 Å². The predicted octanol–water partition coefficient (Wildman–Crippen LogP) is 2.01. The number of epoxide rings is 1. The molecule has 0 radical (unpaired) electrons. The number of para-hydroxylation sites is 1. The van der Waals surface area contributed by atoms with Gasteiger partial charge in [-0.05, 0) is 19.1 Å². The summed E-state index contributed by atoms with van der Waals surface area (Å²) in [5.74, 6) is 1.84. The van der Waals surface area contributed by atoms with Gasteiger partial charge in [-0.2, -0.15) is 5.10 Å². The van der Waals surface area contributed by atoms with Crippen LogP contribution in [0.5, 0.6) is 0 Å². The van der Waals surface area contributed by atoms with E-state index in [0.717, 1.165) is 30.5 Å². The first kappa shape index (κ1) is 10.4. The van der Waals surface area contributed by atoms with Crippen LogP contribution in [0.3, 0.4) is 0 Å². The number of hydrogen-bond donors (Lipinski definition) is 0. The van der Waals surface area contributed by atoms with Crippen molar-refractivity contribution in [3.05, 3.63) is 42.7 Å². The van der Waals surface area contributed by atoms with Crippen LogP contribution in [-0.2, 0) is 4.74 Å². The van der Waals surface area contributed by atoms with Gasteiger partial charge in [-0.3, -0.25) is 4.90 Å². The molecule has 1 unspecified atom stereocenters. The maximum absolute atomic E-state index is 5.22. The highest BCUT2D eigenvalue weighted by Gasteiger charge is 2.32. The quantitative estimate of drug-likeness (QED) is 0.743.